The number of likely N-dealkylation sites (N-methyl/N-ethyl adjacent to an activating group) is 1. The number of carbonyl (C=O) groups excluding carboxylic acids is 2. The molecule has 2 heterocycles. The van der Waals surface area contributed by atoms with Crippen LogP contribution in [-0.2, 0) is 9.59 Å². The normalized spacial score (nSPS) is 20.1. The van der Waals surface area contributed by atoms with Crippen LogP contribution in [0.4, 0.5) is 0 Å². The number of thiocarbonyl (C=S) groups is 1. The molecule has 0 unspecified atom stereocenters. The van der Waals surface area contributed by atoms with Crippen LogP contribution in [-0.4, -0.2) is 70.6 Å². The van der Waals surface area contributed by atoms with Crippen molar-refractivity contribution in [2.75, 3.05) is 39.8 Å². The Balaban J connectivity index is 1.52. The van der Waals surface area contributed by atoms with Gasteiger partial charge in [0.05, 0.1) is 4.91 Å². The van der Waals surface area contributed by atoms with Crippen LogP contribution < -0.4 is 0 Å². The SMILES string of the molecule is CC(/C=C1\SC(=S)N(CCCC(=O)N2CCN(C)CC2)C1=O)=C\c1ccccc1. The lowest BCUT2D eigenvalue weighted by Gasteiger charge is -2.32. The predicted octanol–water partition coefficient (Wildman–Crippen LogP) is 3.39. The van der Waals surface area contributed by atoms with Gasteiger partial charge in [-0.2, -0.15) is 0 Å². The summed E-state index contributed by atoms with van der Waals surface area (Å²) >= 11 is 6.74. The van der Waals surface area contributed by atoms with E-state index in [0.717, 1.165) is 37.3 Å². The lowest BCUT2D eigenvalue weighted by molar-refractivity contribution is -0.133. The van der Waals surface area contributed by atoms with E-state index >= 15 is 0 Å². The van der Waals surface area contributed by atoms with Gasteiger partial charge in [0, 0.05) is 39.1 Å². The molecule has 1 aromatic carbocycles. The predicted molar refractivity (Wildman–Crippen MR) is 123 cm³/mol. The number of carbonyl (C=O) groups is 2. The van der Waals surface area contributed by atoms with E-state index in [-0.39, 0.29) is 11.8 Å². The molecule has 0 saturated carbocycles. The molecule has 2 fully saturated rings. The topological polar surface area (TPSA) is 43.9 Å². The van der Waals surface area contributed by atoms with Crippen LogP contribution in [0.3, 0.4) is 0 Å². The summed E-state index contributed by atoms with van der Waals surface area (Å²) in [7, 11) is 2.07. The minimum Gasteiger partial charge on any atom is -0.340 e. The Morgan fingerprint density at radius 3 is 2.55 bits per heavy atom. The number of piperazine rings is 1. The van der Waals surface area contributed by atoms with Crippen LogP contribution >= 0.6 is 24.0 Å². The Labute approximate surface area is 182 Å². The molecule has 3 rings (SSSR count). The first-order valence-electron chi connectivity index (χ1n) is 9.89. The summed E-state index contributed by atoms with van der Waals surface area (Å²) in [6.45, 7) is 5.87. The largest absolute Gasteiger partial charge is 0.340 e. The van der Waals surface area contributed by atoms with Crippen LogP contribution in [0.2, 0.25) is 0 Å². The summed E-state index contributed by atoms with van der Waals surface area (Å²) in [4.78, 5) is 31.5. The summed E-state index contributed by atoms with van der Waals surface area (Å²) in [6.07, 6.45) is 5.01. The summed E-state index contributed by atoms with van der Waals surface area (Å²) in [5, 5.41) is 0. The zero-order valence-electron chi connectivity index (χ0n) is 17.0. The van der Waals surface area contributed by atoms with Crippen LogP contribution in [0.15, 0.2) is 46.9 Å². The van der Waals surface area contributed by atoms with Crippen molar-refractivity contribution < 1.29 is 9.59 Å². The molecule has 2 saturated heterocycles. The minimum atomic E-state index is -0.0622. The number of allylic oxidation sites excluding steroid dienone is 2. The summed E-state index contributed by atoms with van der Waals surface area (Å²) in [6, 6.07) is 10.0. The van der Waals surface area contributed by atoms with Gasteiger partial charge in [0.25, 0.3) is 5.91 Å². The lowest BCUT2D eigenvalue weighted by Crippen LogP contribution is -2.47. The van der Waals surface area contributed by atoms with Crippen molar-refractivity contribution in [3.05, 3.63) is 52.4 Å². The van der Waals surface area contributed by atoms with Gasteiger partial charge in [-0.3, -0.25) is 14.5 Å². The molecule has 2 aliphatic heterocycles. The van der Waals surface area contributed by atoms with Gasteiger partial charge in [0.15, 0.2) is 0 Å². The number of rotatable bonds is 6. The van der Waals surface area contributed by atoms with Gasteiger partial charge in [-0.15, -0.1) is 0 Å². The molecular weight excluding hydrogens is 402 g/mol. The Hall–Kier alpha value is -1.96. The van der Waals surface area contributed by atoms with Gasteiger partial charge in [-0.05, 0) is 37.6 Å². The quantitative estimate of drug-likeness (QED) is 0.512. The molecule has 0 spiro atoms. The van der Waals surface area contributed by atoms with Crippen LogP contribution in [0.1, 0.15) is 25.3 Å². The average molecular weight is 430 g/mol. The van der Waals surface area contributed by atoms with Crippen LogP contribution in [0.25, 0.3) is 6.08 Å². The Bertz CT molecular complexity index is 828. The first kappa shape index (κ1) is 21.7. The number of hydrogen-bond donors (Lipinski definition) is 0. The van der Waals surface area contributed by atoms with Crippen LogP contribution in [0.5, 0.6) is 0 Å². The maximum Gasteiger partial charge on any atom is 0.266 e. The smallest absolute Gasteiger partial charge is 0.266 e. The highest BCUT2D eigenvalue weighted by Crippen LogP contribution is 2.32. The minimum absolute atomic E-state index is 0.0622. The Morgan fingerprint density at radius 1 is 1.17 bits per heavy atom. The maximum absolute atomic E-state index is 12.7. The first-order valence-corrected chi connectivity index (χ1v) is 11.1. The molecule has 7 heteroatoms. The number of benzene rings is 1. The second-order valence-electron chi connectivity index (χ2n) is 7.42. The molecule has 0 radical (unpaired) electrons. The van der Waals surface area contributed by atoms with E-state index in [0.29, 0.717) is 28.6 Å². The van der Waals surface area contributed by atoms with Gasteiger partial charge in [-0.25, -0.2) is 0 Å². The van der Waals surface area contributed by atoms with E-state index < -0.39 is 0 Å². The van der Waals surface area contributed by atoms with Gasteiger partial charge in [0.2, 0.25) is 5.91 Å². The fourth-order valence-corrected chi connectivity index (χ4v) is 4.71. The van der Waals surface area contributed by atoms with Crippen molar-refractivity contribution in [1.29, 1.82) is 0 Å². The lowest BCUT2D eigenvalue weighted by atomic mass is 10.1. The van der Waals surface area contributed by atoms with Gasteiger partial charge in [0.1, 0.15) is 4.32 Å². The highest BCUT2D eigenvalue weighted by Gasteiger charge is 2.31. The zero-order valence-corrected chi connectivity index (χ0v) is 18.6. The van der Waals surface area contributed by atoms with Crippen molar-refractivity contribution in [2.24, 2.45) is 0 Å². The molecule has 29 heavy (non-hydrogen) atoms. The van der Waals surface area contributed by atoms with Crippen molar-refractivity contribution in [3.63, 3.8) is 0 Å². The summed E-state index contributed by atoms with van der Waals surface area (Å²) in [5.74, 6) is 0.105. The molecule has 0 atom stereocenters. The number of amides is 2. The third-order valence-corrected chi connectivity index (χ3v) is 6.43. The van der Waals surface area contributed by atoms with E-state index in [9.17, 15) is 9.59 Å². The second-order valence-corrected chi connectivity index (χ2v) is 9.10. The monoisotopic (exact) mass is 429 g/mol. The first-order chi connectivity index (χ1) is 13.9. The van der Waals surface area contributed by atoms with Crippen molar-refractivity contribution in [2.45, 2.75) is 19.8 Å². The van der Waals surface area contributed by atoms with Gasteiger partial charge < -0.3 is 9.80 Å². The van der Waals surface area contributed by atoms with Crippen molar-refractivity contribution in [1.82, 2.24) is 14.7 Å². The molecule has 1 aromatic rings. The van der Waals surface area contributed by atoms with Crippen LogP contribution in [0, 0.1) is 0 Å². The Kier molecular flexibility index (Phi) is 7.64. The third-order valence-electron chi connectivity index (χ3n) is 5.05. The second kappa shape index (κ2) is 10.2. The fourth-order valence-electron chi connectivity index (χ4n) is 3.36. The fraction of sp³-hybridized carbons (Fsp3) is 0.409. The zero-order chi connectivity index (χ0) is 20.8. The summed E-state index contributed by atoms with van der Waals surface area (Å²) in [5.41, 5.74) is 2.10. The molecule has 0 aromatic heterocycles. The average Bonchev–Trinajstić information content (AvgIpc) is 2.96. The maximum atomic E-state index is 12.7. The Morgan fingerprint density at radius 2 is 1.86 bits per heavy atom. The van der Waals surface area contributed by atoms with E-state index in [1.165, 1.54) is 11.8 Å². The molecule has 0 aliphatic carbocycles. The molecule has 2 amide bonds. The summed E-state index contributed by atoms with van der Waals surface area (Å²) < 4.78 is 0.570. The van der Waals surface area contributed by atoms with E-state index in [1.807, 2.05) is 54.3 Å². The number of hydrogen-bond acceptors (Lipinski definition) is 5. The van der Waals surface area contributed by atoms with Gasteiger partial charge >= 0.3 is 0 Å². The van der Waals surface area contributed by atoms with E-state index in [1.54, 1.807) is 4.90 Å². The van der Waals surface area contributed by atoms with Gasteiger partial charge in [-0.1, -0.05) is 60.4 Å². The number of nitrogens with zero attached hydrogens (tertiary/aromatic N) is 3. The van der Waals surface area contributed by atoms with Crippen molar-refractivity contribution >= 4 is 46.2 Å². The molecule has 154 valence electrons. The highest BCUT2D eigenvalue weighted by molar-refractivity contribution is 8.26. The van der Waals surface area contributed by atoms with E-state index in [4.69, 9.17) is 12.2 Å². The molecule has 0 bridgehead atoms. The molecular formula is C22H27N3O2S2. The number of thioether (sulfide) groups is 1. The van der Waals surface area contributed by atoms with E-state index in [2.05, 4.69) is 11.9 Å². The van der Waals surface area contributed by atoms with Crippen molar-refractivity contribution in [3.8, 4) is 0 Å². The highest BCUT2D eigenvalue weighted by atomic mass is 32.2. The molecule has 5 nitrogen and oxygen atoms in total. The molecule has 2 aliphatic rings. The standard InChI is InChI=1S/C22H27N3O2S2/c1-17(15-18-7-4-3-5-8-18)16-19-21(27)25(22(28)29-19)10-6-9-20(26)24-13-11-23(2)12-14-24/h3-5,7-8,15-16H,6,9-14H2,1-2H3/b17-15+,19-16-. The molecule has 0 N–H and O–H groups in total. The third kappa shape index (κ3) is 6.01.